The molecule has 3 heterocycles. The van der Waals surface area contributed by atoms with E-state index in [2.05, 4.69) is 30.7 Å². The molecule has 7 nitrogen and oxygen atoms in total. The number of anilines is 2. The first kappa shape index (κ1) is 22.9. The van der Waals surface area contributed by atoms with Gasteiger partial charge in [-0.15, -0.1) is 5.10 Å². The van der Waals surface area contributed by atoms with Crippen LogP contribution in [-0.2, 0) is 6.18 Å². The minimum Gasteiger partial charge on any atom is -0.424 e. The van der Waals surface area contributed by atoms with Gasteiger partial charge in [0.25, 0.3) is 0 Å². The molecule has 1 aromatic carbocycles. The fourth-order valence-corrected chi connectivity index (χ4v) is 5.68. The monoisotopic (exact) mass is 492 g/mol. The highest BCUT2D eigenvalue weighted by Crippen LogP contribution is 2.41. The fraction of sp³-hybridized carbons (Fsp3) is 0.522. The molecule has 1 saturated carbocycles. The van der Waals surface area contributed by atoms with Crippen LogP contribution < -0.4 is 15.0 Å². The van der Waals surface area contributed by atoms with Gasteiger partial charge in [0.1, 0.15) is 10.8 Å². The third-order valence-corrected chi connectivity index (χ3v) is 7.46. The first-order chi connectivity index (χ1) is 16.2. The zero-order valence-electron chi connectivity index (χ0n) is 19.2. The summed E-state index contributed by atoms with van der Waals surface area (Å²) in [5.41, 5.74) is 0.280. The van der Waals surface area contributed by atoms with Crippen molar-refractivity contribution in [3.05, 3.63) is 41.6 Å². The molecular formula is C23H27F3N6OS. The van der Waals surface area contributed by atoms with Crippen LogP contribution in [0.25, 0.3) is 0 Å². The summed E-state index contributed by atoms with van der Waals surface area (Å²) in [6.45, 7) is 7.77. The van der Waals surface area contributed by atoms with Crippen molar-refractivity contribution in [2.24, 2.45) is 11.8 Å². The Morgan fingerprint density at radius 1 is 1.15 bits per heavy atom. The second kappa shape index (κ2) is 8.75. The van der Waals surface area contributed by atoms with Crippen LogP contribution in [0.3, 0.4) is 0 Å². The number of nitrogens with one attached hydrogen (secondary N) is 1. The van der Waals surface area contributed by atoms with Crippen molar-refractivity contribution < 1.29 is 17.9 Å². The maximum absolute atomic E-state index is 13.1. The molecule has 3 atom stereocenters. The number of hydrogen-bond donors (Lipinski definition) is 1. The maximum Gasteiger partial charge on any atom is 0.416 e. The van der Waals surface area contributed by atoms with Crippen molar-refractivity contribution in [2.75, 3.05) is 23.3 Å². The third kappa shape index (κ3) is 4.57. The Kier molecular flexibility index (Phi) is 5.91. The smallest absolute Gasteiger partial charge is 0.416 e. The van der Waals surface area contributed by atoms with Gasteiger partial charge in [0, 0.05) is 19.1 Å². The lowest BCUT2D eigenvalue weighted by Crippen LogP contribution is -2.48. The van der Waals surface area contributed by atoms with Crippen molar-refractivity contribution in [3.63, 3.8) is 0 Å². The second-order valence-corrected chi connectivity index (χ2v) is 10.1. The van der Waals surface area contributed by atoms with E-state index in [0.29, 0.717) is 17.8 Å². The van der Waals surface area contributed by atoms with Gasteiger partial charge in [0.2, 0.25) is 5.95 Å². The molecule has 2 fully saturated rings. The van der Waals surface area contributed by atoms with E-state index < -0.39 is 11.7 Å². The van der Waals surface area contributed by atoms with Crippen molar-refractivity contribution in [1.82, 2.24) is 19.1 Å². The number of nitrogens with zero attached hydrogens (tertiary/aromatic N) is 5. The van der Waals surface area contributed by atoms with Crippen LogP contribution in [0.1, 0.15) is 44.0 Å². The largest absolute Gasteiger partial charge is 0.424 e. The zero-order valence-corrected chi connectivity index (χ0v) is 20.0. The lowest BCUT2D eigenvalue weighted by molar-refractivity contribution is -0.137. The number of rotatable bonds is 6. The van der Waals surface area contributed by atoms with Gasteiger partial charge in [-0.05, 0) is 81.2 Å². The molecule has 5 rings (SSSR count). The number of alkyl halides is 3. The molecule has 1 unspecified atom stereocenters. The molecule has 2 aromatic heterocycles. The average Bonchev–Trinajstić information content (AvgIpc) is 3.44. The molecule has 182 valence electrons. The predicted octanol–water partition coefficient (Wildman–Crippen LogP) is 5.76. The molecule has 11 heteroatoms. The number of benzene rings is 1. The number of hydrogen-bond acceptors (Lipinski definition) is 7. The van der Waals surface area contributed by atoms with E-state index in [9.17, 15) is 13.2 Å². The van der Waals surface area contributed by atoms with Crippen molar-refractivity contribution in [3.8, 4) is 11.8 Å². The number of aryl methyl sites for hydroxylation is 1. The number of aromatic nitrogens is 4. The molecular weight excluding hydrogens is 465 g/mol. The van der Waals surface area contributed by atoms with Gasteiger partial charge in [-0.25, -0.2) is 4.68 Å². The summed E-state index contributed by atoms with van der Waals surface area (Å²) in [5.74, 6) is 1.43. The number of fused-ring (bicyclic) bond motifs is 2. The molecule has 34 heavy (non-hydrogen) atoms. The van der Waals surface area contributed by atoms with Crippen molar-refractivity contribution >= 4 is 22.5 Å². The standard InChI is InChI=1S/C23H27F3N6OS/c1-13(2)32-22(33-18-6-4-5-17(10-18)23(24,25)26)28-21(29-32)27-20-15-7-8-16(20)12-31(11-15)19-9-14(3)30-34-19/h4-6,9-10,13,15-16,20H,7-8,11-12H2,1-3H3,(H,27,29)/t15-,16+,20?. The Labute approximate surface area is 200 Å². The Balaban J connectivity index is 1.32. The number of ether oxygens (including phenoxy) is 1. The van der Waals surface area contributed by atoms with Crippen LogP contribution in [0, 0.1) is 18.8 Å². The van der Waals surface area contributed by atoms with Crippen LogP contribution in [0.15, 0.2) is 30.3 Å². The van der Waals surface area contributed by atoms with Gasteiger partial charge in [-0.3, -0.25) is 0 Å². The molecule has 1 aliphatic carbocycles. The maximum atomic E-state index is 13.1. The highest BCUT2D eigenvalue weighted by molar-refractivity contribution is 7.10. The van der Waals surface area contributed by atoms with E-state index in [-0.39, 0.29) is 23.8 Å². The normalized spacial score (nSPS) is 22.4. The quantitative estimate of drug-likeness (QED) is 0.472. The first-order valence-electron chi connectivity index (χ1n) is 11.4. The molecule has 2 aliphatic rings. The van der Waals surface area contributed by atoms with Gasteiger partial charge < -0.3 is 15.0 Å². The average molecular weight is 493 g/mol. The zero-order chi connectivity index (χ0) is 24.0. The van der Waals surface area contributed by atoms with Crippen LogP contribution in [0.2, 0.25) is 0 Å². The van der Waals surface area contributed by atoms with E-state index in [1.165, 1.54) is 17.1 Å². The van der Waals surface area contributed by atoms with Crippen LogP contribution in [-0.4, -0.2) is 38.3 Å². The van der Waals surface area contributed by atoms with E-state index in [4.69, 9.17) is 4.74 Å². The summed E-state index contributed by atoms with van der Waals surface area (Å²) in [6.07, 6.45) is -2.17. The Morgan fingerprint density at radius 3 is 2.50 bits per heavy atom. The summed E-state index contributed by atoms with van der Waals surface area (Å²) in [5, 5.41) is 9.30. The Bertz CT molecular complexity index is 1150. The predicted molar refractivity (Wildman–Crippen MR) is 125 cm³/mol. The van der Waals surface area contributed by atoms with Crippen molar-refractivity contribution in [2.45, 2.75) is 51.9 Å². The SMILES string of the molecule is Cc1cc(N2C[C@H]3CC[C@@H](C2)C3Nc2nc(Oc3cccc(C(F)(F)F)c3)n(C(C)C)n2)sn1. The Hall–Kier alpha value is -2.82. The topological polar surface area (TPSA) is 68.1 Å². The third-order valence-electron chi connectivity index (χ3n) is 6.52. The summed E-state index contributed by atoms with van der Waals surface area (Å²) < 4.78 is 51.0. The van der Waals surface area contributed by atoms with Crippen molar-refractivity contribution in [1.29, 1.82) is 0 Å². The van der Waals surface area contributed by atoms with Gasteiger partial charge in [-0.1, -0.05) is 6.07 Å². The van der Waals surface area contributed by atoms with E-state index in [0.717, 1.165) is 43.8 Å². The van der Waals surface area contributed by atoms with Gasteiger partial charge in [-0.2, -0.15) is 22.5 Å². The molecule has 2 bridgehead atoms. The number of piperidine rings is 1. The van der Waals surface area contributed by atoms with E-state index in [1.807, 2.05) is 20.8 Å². The van der Waals surface area contributed by atoms with Crippen LogP contribution >= 0.6 is 11.5 Å². The fourth-order valence-electron chi connectivity index (χ4n) is 4.90. The molecule has 0 radical (unpaired) electrons. The van der Waals surface area contributed by atoms with E-state index in [1.54, 1.807) is 16.2 Å². The highest BCUT2D eigenvalue weighted by atomic mass is 32.1. The minimum atomic E-state index is -4.44. The molecule has 0 amide bonds. The molecule has 1 N–H and O–H groups in total. The summed E-state index contributed by atoms with van der Waals surface area (Å²) in [4.78, 5) is 6.93. The van der Waals surface area contributed by atoms with Crippen LogP contribution in [0.5, 0.6) is 11.8 Å². The Morgan fingerprint density at radius 2 is 1.88 bits per heavy atom. The van der Waals surface area contributed by atoms with E-state index >= 15 is 0 Å². The summed E-state index contributed by atoms with van der Waals surface area (Å²) in [6, 6.07) is 7.28. The van der Waals surface area contributed by atoms with Gasteiger partial charge in [0.15, 0.2) is 0 Å². The van der Waals surface area contributed by atoms with Crippen LogP contribution in [0.4, 0.5) is 24.1 Å². The summed E-state index contributed by atoms with van der Waals surface area (Å²) in [7, 11) is 0. The second-order valence-electron chi connectivity index (χ2n) is 9.36. The molecule has 3 aromatic rings. The first-order valence-corrected chi connectivity index (χ1v) is 12.2. The number of halogens is 3. The van der Waals surface area contributed by atoms with Gasteiger partial charge in [0.05, 0.1) is 17.3 Å². The lowest BCUT2D eigenvalue weighted by Gasteiger charge is -2.38. The molecule has 1 aliphatic heterocycles. The minimum absolute atomic E-state index is 0.0722. The molecule has 1 saturated heterocycles. The van der Waals surface area contributed by atoms with Gasteiger partial charge >= 0.3 is 12.2 Å². The highest BCUT2D eigenvalue weighted by Gasteiger charge is 2.43. The molecule has 0 spiro atoms. The summed E-state index contributed by atoms with van der Waals surface area (Å²) >= 11 is 1.55. The lowest BCUT2D eigenvalue weighted by atomic mass is 9.92.